The molecule has 76 valence electrons. The number of halogens is 1. The van der Waals surface area contributed by atoms with Crippen LogP contribution in [0.5, 0.6) is 0 Å². The molecule has 0 amide bonds. The Balaban J connectivity index is 2.13. The summed E-state index contributed by atoms with van der Waals surface area (Å²) in [5.74, 6) is 0. The van der Waals surface area contributed by atoms with Crippen molar-refractivity contribution in [1.29, 1.82) is 0 Å². The van der Waals surface area contributed by atoms with E-state index in [1.54, 1.807) is 0 Å². The number of benzene rings is 1. The first-order chi connectivity index (χ1) is 6.85. The van der Waals surface area contributed by atoms with Crippen LogP contribution in [0.25, 0.3) is 0 Å². The van der Waals surface area contributed by atoms with Gasteiger partial charge in [-0.2, -0.15) is 0 Å². The summed E-state index contributed by atoms with van der Waals surface area (Å²) >= 11 is 3.46. The zero-order chi connectivity index (χ0) is 9.97. The van der Waals surface area contributed by atoms with Crippen molar-refractivity contribution in [2.45, 2.75) is 31.1 Å². The Morgan fingerprint density at radius 3 is 2.36 bits per heavy atom. The van der Waals surface area contributed by atoms with Gasteiger partial charge in [0.25, 0.3) is 0 Å². The van der Waals surface area contributed by atoms with E-state index in [0.717, 1.165) is 17.9 Å². The maximum Gasteiger partial charge on any atom is 0.0368 e. The fourth-order valence-electron chi connectivity index (χ4n) is 1.81. The number of nitrogens with zero attached hydrogens (tertiary/aromatic N) is 1. The maximum absolute atomic E-state index is 3.46. The highest BCUT2D eigenvalue weighted by Crippen LogP contribution is 2.31. The van der Waals surface area contributed by atoms with Crippen LogP contribution in [0.1, 0.15) is 25.3 Å². The molecule has 1 aromatic rings. The van der Waals surface area contributed by atoms with Crippen LogP contribution in [0.4, 0.5) is 5.69 Å². The summed E-state index contributed by atoms with van der Waals surface area (Å²) in [5, 5.41) is 0.947. The zero-order valence-electron chi connectivity index (χ0n) is 8.54. The highest BCUT2D eigenvalue weighted by atomic mass is 79.9. The standard InChI is InChI=1S/C12H16BrN/c1-2-14(12-7-8-12)11-5-3-10(9-13)4-6-11/h3-6,12H,2,7-9H2,1H3. The Hall–Kier alpha value is -0.500. The fraction of sp³-hybridized carbons (Fsp3) is 0.500. The van der Waals surface area contributed by atoms with E-state index in [0.29, 0.717) is 0 Å². The van der Waals surface area contributed by atoms with Crippen molar-refractivity contribution >= 4 is 21.6 Å². The number of alkyl halides is 1. The molecule has 1 aliphatic rings. The van der Waals surface area contributed by atoms with Crippen molar-refractivity contribution < 1.29 is 0 Å². The molecule has 0 bridgehead atoms. The number of rotatable bonds is 4. The molecule has 0 saturated heterocycles. The molecule has 0 spiro atoms. The van der Waals surface area contributed by atoms with E-state index in [4.69, 9.17) is 0 Å². The minimum atomic E-state index is 0.815. The average molecular weight is 254 g/mol. The molecular weight excluding hydrogens is 238 g/mol. The second-order valence-electron chi connectivity index (χ2n) is 3.82. The Labute approximate surface area is 94.2 Å². The van der Waals surface area contributed by atoms with Crippen LogP contribution in [-0.2, 0) is 5.33 Å². The van der Waals surface area contributed by atoms with E-state index in [1.165, 1.54) is 24.1 Å². The van der Waals surface area contributed by atoms with E-state index in [-0.39, 0.29) is 0 Å². The molecule has 0 radical (unpaired) electrons. The van der Waals surface area contributed by atoms with Crippen molar-refractivity contribution in [3.63, 3.8) is 0 Å². The first-order valence-corrected chi connectivity index (χ1v) is 6.39. The van der Waals surface area contributed by atoms with Crippen molar-refractivity contribution in [2.75, 3.05) is 11.4 Å². The van der Waals surface area contributed by atoms with Gasteiger partial charge in [-0.25, -0.2) is 0 Å². The molecule has 2 heteroatoms. The van der Waals surface area contributed by atoms with Crippen molar-refractivity contribution in [2.24, 2.45) is 0 Å². The van der Waals surface area contributed by atoms with Crippen molar-refractivity contribution in [3.05, 3.63) is 29.8 Å². The average Bonchev–Trinajstić information content (AvgIpc) is 3.04. The monoisotopic (exact) mass is 253 g/mol. The van der Waals surface area contributed by atoms with E-state index in [2.05, 4.69) is 52.0 Å². The number of hydrogen-bond donors (Lipinski definition) is 0. The van der Waals surface area contributed by atoms with Crippen LogP contribution in [0.3, 0.4) is 0 Å². The van der Waals surface area contributed by atoms with Gasteiger partial charge in [0, 0.05) is 23.6 Å². The quantitative estimate of drug-likeness (QED) is 0.742. The molecule has 14 heavy (non-hydrogen) atoms. The predicted molar refractivity (Wildman–Crippen MR) is 65.1 cm³/mol. The van der Waals surface area contributed by atoms with Gasteiger partial charge in [-0.1, -0.05) is 28.1 Å². The van der Waals surface area contributed by atoms with E-state index in [1.807, 2.05) is 0 Å². The second kappa shape index (κ2) is 4.35. The molecule has 1 nitrogen and oxygen atoms in total. The van der Waals surface area contributed by atoms with Gasteiger partial charge in [0.15, 0.2) is 0 Å². The first kappa shape index (κ1) is 10.0. The molecule has 0 N–H and O–H groups in total. The molecular formula is C12H16BrN. The Morgan fingerprint density at radius 1 is 1.29 bits per heavy atom. The van der Waals surface area contributed by atoms with Crippen LogP contribution in [0.15, 0.2) is 24.3 Å². The van der Waals surface area contributed by atoms with Crippen LogP contribution in [0, 0.1) is 0 Å². The van der Waals surface area contributed by atoms with Gasteiger partial charge in [0.2, 0.25) is 0 Å². The van der Waals surface area contributed by atoms with Gasteiger partial charge in [0.1, 0.15) is 0 Å². The van der Waals surface area contributed by atoms with Gasteiger partial charge in [-0.3, -0.25) is 0 Å². The van der Waals surface area contributed by atoms with E-state index >= 15 is 0 Å². The summed E-state index contributed by atoms with van der Waals surface area (Å²) in [6, 6.07) is 9.69. The lowest BCUT2D eigenvalue weighted by Gasteiger charge is -2.22. The second-order valence-corrected chi connectivity index (χ2v) is 4.38. The van der Waals surface area contributed by atoms with Gasteiger partial charge >= 0.3 is 0 Å². The topological polar surface area (TPSA) is 3.24 Å². The Bertz CT molecular complexity index is 290. The Morgan fingerprint density at radius 2 is 1.93 bits per heavy atom. The molecule has 1 fully saturated rings. The molecule has 0 heterocycles. The van der Waals surface area contributed by atoms with Gasteiger partial charge < -0.3 is 4.90 Å². The summed E-state index contributed by atoms with van der Waals surface area (Å²) < 4.78 is 0. The fourth-order valence-corrected chi connectivity index (χ4v) is 2.19. The molecule has 1 aromatic carbocycles. The van der Waals surface area contributed by atoms with Crippen LogP contribution in [-0.4, -0.2) is 12.6 Å². The molecule has 0 unspecified atom stereocenters. The molecule has 0 aromatic heterocycles. The van der Waals surface area contributed by atoms with Gasteiger partial charge in [0.05, 0.1) is 0 Å². The highest BCUT2D eigenvalue weighted by Gasteiger charge is 2.27. The van der Waals surface area contributed by atoms with Crippen molar-refractivity contribution in [3.8, 4) is 0 Å². The molecule has 1 aliphatic carbocycles. The van der Waals surface area contributed by atoms with E-state index in [9.17, 15) is 0 Å². The lowest BCUT2D eigenvalue weighted by Crippen LogP contribution is -2.24. The van der Waals surface area contributed by atoms with Gasteiger partial charge in [-0.15, -0.1) is 0 Å². The molecule has 0 atom stereocenters. The third-order valence-corrected chi connectivity index (χ3v) is 3.40. The summed E-state index contributed by atoms with van der Waals surface area (Å²) in [7, 11) is 0. The highest BCUT2D eigenvalue weighted by molar-refractivity contribution is 9.08. The van der Waals surface area contributed by atoms with Crippen LogP contribution >= 0.6 is 15.9 Å². The largest absolute Gasteiger partial charge is 0.369 e. The summed E-state index contributed by atoms with van der Waals surface area (Å²) in [4.78, 5) is 2.50. The lowest BCUT2D eigenvalue weighted by molar-refractivity contribution is 0.826. The summed E-state index contributed by atoms with van der Waals surface area (Å²) in [6.45, 7) is 3.36. The van der Waals surface area contributed by atoms with E-state index < -0.39 is 0 Å². The molecule has 0 aliphatic heterocycles. The third-order valence-electron chi connectivity index (χ3n) is 2.75. The van der Waals surface area contributed by atoms with Crippen LogP contribution in [0.2, 0.25) is 0 Å². The van der Waals surface area contributed by atoms with Gasteiger partial charge in [-0.05, 0) is 37.5 Å². The number of hydrogen-bond acceptors (Lipinski definition) is 1. The lowest BCUT2D eigenvalue weighted by atomic mass is 10.2. The summed E-state index contributed by atoms with van der Waals surface area (Å²) in [5.41, 5.74) is 2.72. The number of anilines is 1. The smallest absolute Gasteiger partial charge is 0.0368 e. The maximum atomic E-state index is 3.46. The predicted octanol–water partition coefficient (Wildman–Crippen LogP) is 3.57. The van der Waals surface area contributed by atoms with Crippen LogP contribution < -0.4 is 4.90 Å². The van der Waals surface area contributed by atoms with Crippen molar-refractivity contribution in [1.82, 2.24) is 0 Å². The molecule has 2 rings (SSSR count). The minimum absolute atomic E-state index is 0.815. The minimum Gasteiger partial charge on any atom is -0.369 e. The Kier molecular flexibility index (Phi) is 3.12. The first-order valence-electron chi connectivity index (χ1n) is 5.26. The third kappa shape index (κ3) is 2.11. The summed E-state index contributed by atoms with van der Waals surface area (Å²) in [6.07, 6.45) is 2.74. The molecule has 1 saturated carbocycles. The SMILES string of the molecule is CCN(c1ccc(CBr)cc1)C1CC1. The zero-order valence-corrected chi connectivity index (χ0v) is 10.1. The normalized spacial score (nSPS) is 15.6.